The molecule has 0 aliphatic rings. The van der Waals surface area contributed by atoms with Gasteiger partial charge in [0.2, 0.25) is 0 Å². The molecule has 0 aliphatic carbocycles. The van der Waals surface area contributed by atoms with E-state index in [1.807, 2.05) is 0 Å². The van der Waals surface area contributed by atoms with E-state index in [0.29, 0.717) is 11.6 Å². The first-order valence-corrected chi connectivity index (χ1v) is 5.37. The fourth-order valence-corrected chi connectivity index (χ4v) is 1.41. The number of nitrogens with zero attached hydrogens (tertiary/aromatic N) is 4. The Morgan fingerprint density at radius 2 is 2.11 bits per heavy atom. The summed E-state index contributed by atoms with van der Waals surface area (Å²) in [5.41, 5.74) is 0.822. The van der Waals surface area contributed by atoms with Gasteiger partial charge >= 0.3 is 5.97 Å². The van der Waals surface area contributed by atoms with Crippen LogP contribution < -0.4 is 4.74 Å². The number of hydrogen-bond donors (Lipinski definition) is 1. The molecule has 0 saturated heterocycles. The van der Waals surface area contributed by atoms with Gasteiger partial charge in [-0.25, -0.2) is 0 Å². The molecule has 7 nitrogen and oxygen atoms in total. The second kappa shape index (κ2) is 5.26. The maximum absolute atomic E-state index is 10.3. The number of carboxylic acids is 1. The number of ether oxygens (including phenoxy) is 1. The summed E-state index contributed by atoms with van der Waals surface area (Å²) in [5.74, 6) is 0.427. The second-order valence-electron chi connectivity index (χ2n) is 3.62. The van der Waals surface area contributed by atoms with Gasteiger partial charge in [-0.1, -0.05) is 0 Å². The largest absolute Gasteiger partial charge is 0.493 e. The Hall–Kier alpha value is -2.44. The van der Waals surface area contributed by atoms with Gasteiger partial charge in [0.05, 0.1) is 18.7 Å². The zero-order valence-corrected chi connectivity index (χ0v) is 9.78. The van der Waals surface area contributed by atoms with Crippen LogP contribution >= 0.6 is 0 Å². The van der Waals surface area contributed by atoms with Crippen LogP contribution in [0.3, 0.4) is 0 Å². The Bertz CT molecular complexity index is 535. The molecular formula is C11H12N4O3. The van der Waals surface area contributed by atoms with Crippen molar-refractivity contribution in [2.75, 3.05) is 6.61 Å². The average Bonchev–Trinajstić information content (AvgIpc) is 2.76. The molecule has 0 amide bonds. The van der Waals surface area contributed by atoms with Crippen LogP contribution in [0.5, 0.6) is 5.75 Å². The lowest BCUT2D eigenvalue weighted by atomic mass is 10.3. The van der Waals surface area contributed by atoms with Crippen molar-refractivity contribution in [1.29, 1.82) is 0 Å². The lowest BCUT2D eigenvalue weighted by molar-refractivity contribution is -0.137. The van der Waals surface area contributed by atoms with Crippen molar-refractivity contribution in [3.63, 3.8) is 0 Å². The fraction of sp³-hybridized carbons (Fsp3) is 0.273. The SMILES string of the molecule is Cc1nnnn1-c1ccc(OCCC(=O)O)cc1. The highest BCUT2D eigenvalue weighted by atomic mass is 16.5. The van der Waals surface area contributed by atoms with Crippen molar-refractivity contribution in [2.24, 2.45) is 0 Å². The number of aliphatic carboxylic acids is 1. The van der Waals surface area contributed by atoms with Gasteiger partial charge in [0.25, 0.3) is 0 Å². The summed E-state index contributed by atoms with van der Waals surface area (Å²) >= 11 is 0. The van der Waals surface area contributed by atoms with Crippen LogP contribution in [-0.4, -0.2) is 37.9 Å². The van der Waals surface area contributed by atoms with Gasteiger partial charge < -0.3 is 9.84 Å². The summed E-state index contributed by atoms with van der Waals surface area (Å²) in [7, 11) is 0. The van der Waals surface area contributed by atoms with Gasteiger partial charge in [-0.2, -0.15) is 4.68 Å². The van der Waals surface area contributed by atoms with Crippen molar-refractivity contribution in [3.05, 3.63) is 30.1 Å². The molecule has 0 radical (unpaired) electrons. The second-order valence-corrected chi connectivity index (χ2v) is 3.62. The standard InChI is InChI=1S/C11H12N4O3/c1-8-12-13-14-15(8)9-2-4-10(5-3-9)18-7-6-11(16)17/h2-5H,6-7H2,1H3,(H,16,17). The third-order valence-corrected chi connectivity index (χ3v) is 2.29. The lowest BCUT2D eigenvalue weighted by Gasteiger charge is -2.06. The number of carboxylic acid groups (broad SMARTS) is 1. The smallest absolute Gasteiger partial charge is 0.306 e. The third kappa shape index (κ3) is 2.82. The summed E-state index contributed by atoms with van der Waals surface area (Å²) in [5, 5.41) is 19.7. The van der Waals surface area contributed by atoms with Crippen molar-refractivity contribution in [2.45, 2.75) is 13.3 Å². The predicted octanol–water partition coefficient (Wildman–Crippen LogP) is 0.824. The van der Waals surface area contributed by atoms with Crippen LogP contribution in [0.25, 0.3) is 5.69 Å². The molecule has 1 N–H and O–H groups in total. The van der Waals surface area contributed by atoms with E-state index in [-0.39, 0.29) is 13.0 Å². The third-order valence-electron chi connectivity index (χ3n) is 2.29. The van der Waals surface area contributed by atoms with Gasteiger partial charge in [-0.15, -0.1) is 5.10 Å². The summed E-state index contributed by atoms with van der Waals surface area (Å²) < 4.78 is 6.88. The Morgan fingerprint density at radius 1 is 1.39 bits per heavy atom. The van der Waals surface area contributed by atoms with Gasteiger partial charge in [0.1, 0.15) is 5.75 Å². The quantitative estimate of drug-likeness (QED) is 0.842. The van der Waals surface area contributed by atoms with Gasteiger partial charge in [0, 0.05) is 0 Å². The first-order chi connectivity index (χ1) is 8.66. The van der Waals surface area contributed by atoms with E-state index in [1.165, 1.54) is 0 Å². The number of rotatable bonds is 5. The minimum atomic E-state index is -0.879. The van der Waals surface area contributed by atoms with E-state index in [9.17, 15) is 4.79 Å². The fourth-order valence-electron chi connectivity index (χ4n) is 1.41. The molecule has 2 rings (SSSR count). The van der Waals surface area contributed by atoms with E-state index >= 15 is 0 Å². The van der Waals surface area contributed by atoms with E-state index in [0.717, 1.165) is 5.69 Å². The lowest BCUT2D eigenvalue weighted by Crippen LogP contribution is -2.05. The number of aromatic nitrogens is 4. The zero-order chi connectivity index (χ0) is 13.0. The number of carbonyl (C=O) groups is 1. The molecule has 0 unspecified atom stereocenters. The molecule has 18 heavy (non-hydrogen) atoms. The molecule has 1 heterocycles. The molecule has 1 aromatic carbocycles. The molecule has 1 aromatic heterocycles. The van der Waals surface area contributed by atoms with Gasteiger partial charge in [-0.3, -0.25) is 4.79 Å². The number of tetrazole rings is 1. The Balaban J connectivity index is 2.02. The van der Waals surface area contributed by atoms with Crippen LogP contribution in [0.15, 0.2) is 24.3 Å². The molecule has 94 valence electrons. The first kappa shape index (κ1) is 12.0. The highest BCUT2D eigenvalue weighted by molar-refractivity contribution is 5.66. The Morgan fingerprint density at radius 3 is 2.67 bits per heavy atom. The van der Waals surface area contributed by atoms with Gasteiger partial charge in [0.15, 0.2) is 5.82 Å². The molecule has 7 heteroatoms. The molecule has 0 bridgehead atoms. The van der Waals surface area contributed by atoms with Gasteiger partial charge in [-0.05, 0) is 41.6 Å². The molecule has 0 fully saturated rings. The first-order valence-electron chi connectivity index (χ1n) is 5.37. The van der Waals surface area contributed by atoms with Crippen molar-refractivity contribution in [1.82, 2.24) is 20.2 Å². The Kier molecular flexibility index (Phi) is 3.52. The molecule has 0 saturated carbocycles. The van der Waals surface area contributed by atoms with Crippen LogP contribution in [0.2, 0.25) is 0 Å². The summed E-state index contributed by atoms with van der Waals surface area (Å²) in [6.45, 7) is 1.95. The van der Waals surface area contributed by atoms with Crippen molar-refractivity contribution in [3.8, 4) is 11.4 Å². The number of aryl methyl sites for hydroxylation is 1. The summed E-state index contributed by atoms with van der Waals surface area (Å²) in [6.07, 6.45) is -0.0200. The number of benzene rings is 1. The topological polar surface area (TPSA) is 90.1 Å². The molecule has 2 aromatic rings. The summed E-state index contributed by atoms with van der Waals surface area (Å²) in [4.78, 5) is 10.3. The van der Waals surface area contributed by atoms with E-state index in [1.54, 1.807) is 35.9 Å². The van der Waals surface area contributed by atoms with Crippen LogP contribution in [0, 0.1) is 6.92 Å². The Labute approximate surface area is 103 Å². The van der Waals surface area contributed by atoms with Crippen LogP contribution in [-0.2, 0) is 4.79 Å². The van der Waals surface area contributed by atoms with E-state index < -0.39 is 5.97 Å². The highest BCUT2D eigenvalue weighted by Crippen LogP contribution is 2.15. The molecule has 0 aliphatic heterocycles. The molecular weight excluding hydrogens is 236 g/mol. The van der Waals surface area contributed by atoms with E-state index in [2.05, 4.69) is 15.5 Å². The van der Waals surface area contributed by atoms with Crippen molar-refractivity contribution >= 4 is 5.97 Å². The summed E-state index contributed by atoms with van der Waals surface area (Å²) in [6, 6.07) is 7.11. The highest BCUT2D eigenvalue weighted by Gasteiger charge is 2.04. The molecule has 0 spiro atoms. The monoisotopic (exact) mass is 248 g/mol. The molecule has 0 atom stereocenters. The normalized spacial score (nSPS) is 10.3. The maximum Gasteiger partial charge on any atom is 0.306 e. The zero-order valence-electron chi connectivity index (χ0n) is 9.78. The minimum Gasteiger partial charge on any atom is -0.493 e. The van der Waals surface area contributed by atoms with Crippen molar-refractivity contribution < 1.29 is 14.6 Å². The number of hydrogen-bond acceptors (Lipinski definition) is 5. The average molecular weight is 248 g/mol. The maximum atomic E-state index is 10.3. The van der Waals surface area contributed by atoms with E-state index in [4.69, 9.17) is 9.84 Å². The van der Waals surface area contributed by atoms with Crippen LogP contribution in [0.1, 0.15) is 12.2 Å². The predicted molar refractivity (Wildman–Crippen MR) is 61.6 cm³/mol. The minimum absolute atomic E-state index is 0.0200. The van der Waals surface area contributed by atoms with Crippen LogP contribution in [0.4, 0.5) is 0 Å².